The van der Waals surface area contributed by atoms with Gasteiger partial charge < -0.3 is 23.7 Å². The van der Waals surface area contributed by atoms with E-state index in [4.69, 9.17) is 23.7 Å². The third-order valence-corrected chi connectivity index (χ3v) is 8.26. The van der Waals surface area contributed by atoms with E-state index >= 15 is 0 Å². The molecule has 0 saturated carbocycles. The van der Waals surface area contributed by atoms with Crippen LogP contribution in [0.15, 0.2) is 152 Å². The molecule has 0 radical (unpaired) electrons. The number of benzene rings is 6. The first kappa shape index (κ1) is 31.6. The Morgan fingerprint density at radius 3 is 1.49 bits per heavy atom. The summed E-state index contributed by atoms with van der Waals surface area (Å²) in [6.45, 7) is 1.45. The average molecular weight is 649 g/mol. The van der Waals surface area contributed by atoms with Gasteiger partial charge in [0.25, 0.3) is 0 Å². The van der Waals surface area contributed by atoms with Gasteiger partial charge in [-0.25, -0.2) is 0 Å². The van der Waals surface area contributed by atoms with E-state index in [9.17, 15) is 4.79 Å². The largest absolute Gasteiger partial charge is 0.489 e. The van der Waals surface area contributed by atoms with Gasteiger partial charge in [0.05, 0.1) is 0 Å². The fraction of sp³-hybridized carbons (Fsp3) is 0.140. The summed E-state index contributed by atoms with van der Waals surface area (Å²) in [4.78, 5) is 13.8. The number of hydrogen-bond donors (Lipinski definition) is 0. The summed E-state index contributed by atoms with van der Waals surface area (Å²) in [6.07, 6.45) is -0.698. The van der Waals surface area contributed by atoms with E-state index in [1.54, 1.807) is 0 Å². The van der Waals surface area contributed by atoms with Crippen molar-refractivity contribution < 1.29 is 28.5 Å². The molecule has 0 bridgehead atoms. The standard InChI is InChI=1S/C43H36O6/c44-38-26-37-40(47-29-33-17-9-3-10-18-33)24-36(45-27-31-13-5-1-6-14-31)25-41(37)49-43(38)35-21-22-39(46-28-32-15-7-2-8-16-32)42(23-35)48-30-34-19-11-4-12-20-34/h1-25,43H,26-30H2. The van der Waals surface area contributed by atoms with E-state index in [1.165, 1.54) is 0 Å². The quantitative estimate of drug-likeness (QED) is 0.124. The van der Waals surface area contributed by atoms with Crippen molar-refractivity contribution in [2.45, 2.75) is 39.0 Å². The average Bonchev–Trinajstić information content (AvgIpc) is 3.16. The molecule has 6 heteroatoms. The molecule has 0 N–H and O–H groups in total. The van der Waals surface area contributed by atoms with Crippen molar-refractivity contribution in [2.24, 2.45) is 0 Å². The number of Topliss-reactive ketones (excluding diaryl/α,β-unsaturated/α-hetero) is 1. The van der Waals surface area contributed by atoms with E-state index in [-0.39, 0.29) is 12.2 Å². The Balaban J connectivity index is 1.16. The van der Waals surface area contributed by atoms with Gasteiger partial charge in [-0.1, -0.05) is 127 Å². The number of ketones is 1. The summed E-state index contributed by atoms with van der Waals surface area (Å²) in [7, 11) is 0. The number of fused-ring (bicyclic) bond motifs is 1. The van der Waals surface area contributed by atoms with Gasteiger partial charge in [0.2, 0.25) is 0 Å². The molecular formula is C43H36O6. The van der Waals surface area contributed by atoms with E-state index in [0.29, 0.717) is 66.3 Å². The van der Waals surface area contributed by atoms with Crippen molar-refractivity contribution in [1.29, 1.82) is 0 Å². The lowest BCUT2D eigenvalue weighted by Crippen LogP contribution is -2.26. The van der Waals surface area contributed by atoms with Crippen LogP contribution >= 0.6 is 0 Å². The van der Waals surface area contributed by atoms with Crippen LogP contribution in [0.5, 0.6) is 28.7 Å². The molecule has 1 aliphatic heterocycles. The van der Waals surface area contributed by atoms with Crippen LogP contribution in [0, 0.1) is 0 Å². The third kappa shape index (κ3) is 8.11. The maximum absolute atomic E-state index is 13.8. The van der Waals surface area contributed by atoms with Crippen molar-refractivity contribution in [3.05, 3.63) is 185 Å². The zero-order chi connectivity index (χ0) is 33.3. The van der Waals surface area contributed by atoms with Gasteiger partial charge in [-0.3, -0.25) is 4.79 Å². The van der Waals surface area contributed by atoms with Crippen LogP contribution in [-0.2, 0) is 37.6 Å². The molecule has 1 atom stereocenters. The molecule has 244 valence electrons. The fourth-order valence-corrected chi connectivity index (χ4v) is 5.67. The van der Waals surface area contributed by atoms with Crippen molar-refractivity contribution >= 4 is 5.78 Å². The molecule has 6 nitrogen and oxygen atoms in total. The maximum Gasteiger partial charge on any atom is 0.182 e. The predicted octanol–water partition coefficient (Wildman–Crippen LogP) is 9.25. The fourth-order valence-electron chi connectivity index (χ4n) is 5.67. The van der Waals surface area contributed by atoms with E-state index in [1.807, 2.05) is 152 Å². The summed E-state index contributed by atoms with van der Waals surface area (Å²) < 4.78 is 31.5. The predicted molar refractivity (Wildman–Crippen MR) is 188 cm³/mol. The highest BCUT2D eigenvalue weighted by Crippen LogP contribution is 2.43. The lowest BCUT2D eigenvalue weighted by Gasteiger charge is -2.28. The maximum atomic E-state index is 13.8. The molecule has 6 aromatic carbocycles. The first-order valence-electron chi connectivity index (χ1n) is 16.3. The highest BCUT2D eigenvalue weighted by atomic mass is 16.5. The highest BCUT2D eigenvalue weighted by Gasteiger charge is 2.33. The molecule has 0 aromatic heterocycles. The molecule has 49 heavy (non-hydrogen) atoms. The topological polar surface area (TPSA) is 63.2 Å². The number of carbonyl (C=O) groups is 1. The van der Waals surface area contributed by atoms with Gasteiger partial charge in [0.1, 0.15) is 43.7 Å². The summed E-state index contributed by atoms with van der Waals surface area (Å²) in [5.41, 5.74) is 5.50. The van der Waals surface area contributed by atoms with Crippen LogP contribution in [0.2, 0.25) is 0 Å². The Morgan fingerprint density at radius 2 is 0.959 bits per heavy atom. The van der Waals surface area contributed by atoms with Crippen molar-refractivity contribution in [3.63, 3.8) is 0 Å². The summed E-state index contributed by atoms with van der Waals surface area (Å²) >= 11 is 0. The monoisotopic (exact) mass is 648 g/mol. The van der Waals surface area contributed by atoms with Gasteiger partial charge in [-0.05, 0) is 34.4 Å². The highest BCUT2D eigenvalue weighted by molar-refractivity contribution is 5.90. The number of carbonyl (C=O) groups excluding carboxylic acids is 1. The Morgan fingerprint density at radius 1 is 0.490 bits per heavy atom. The molecule has 0 fully saturated rings. The van der Waals surface area contributed by atoms with E-state index < -0.39 is 6.10 Å². The molecular weight excluding hydrogens is 612 g/mol. The van der Waals surface area contributed by atoms with Gasteiger partial charge in [0, 0.05) is 29.7 Å². The number of rotatable bonds is 13. The third-order valence-electron chi connectivity index (χ3n) is 8.26. The van der Waals surface area contributed by atoms with Crippen LogP contribution in [-0.4, -0.2) is 5.78 Å². The normalized spacial score (nSPS) is 13.6. The SMILES string of the molecule is O=C1Cc2c(OCc3ccccc3)cc(OCc3ccccc3)cc2OC1c1ccc(OCc2ccccc2)c(OCc2ccccc2)c1. The molecule has 0 amide bonds. The first-order valence-corrected chi connectivity index (χ1v) is 16.3. The minimum atomic E-state index is -0.846. The zero-order valence-electron chi connectivity index (χ0n) is 27.0. The minimum Gasteiger partial charge on any atom is -0.489 e. The van der Waals surface area contributed by atoms with Crippen molar-refractivity contribution in [1.82, 2.24) is 0 Å². The molecule has 7 rings (SSSR count). The molecule has 0 aliphatic carbocycles. The van der Waals surface area contributed by atoms with Crippen LogP contribution in [0.1, 0.15) is 39.5 Å². The Labute approximate surface area is 286 Å². The lowest BCUT2D eigenvalue weighted by atomic mass is 9.95. The minimum absolute atomic E-state index is 0.0815. The summed E-state index contributed by atoms with van der Waals surface area (Å²) in [5, 5.41) is 0. The van der Waals surface area contributed by atoms with Crippen LogP contribution in [0.25, 0.3) is 0 Å². The molecule has 0 saturated heterocycles. The zero-order valence-corrected chi connectivity index (χ0v) is 27.0. The van der Waals surface area contributed by atoms with Crippen molar-refractivity contribution in [2.75, 3.05) is 0 Å². The van der Waals surface area contributed by atoms with E-state index in [0.717, 1.165) is 22.3 Å². The second-order valence-electron chi connectivity index (χ2n) is 11.8. The molecule has 1 heterocycles. The molecule has 6 aromatic rings. The molecule has 1 aliphatic rings. The Bertz CT molecular complexity index is 1980. The number of hydrogen-bond acceptors (Lipinski definition) is 6. The molecule has 0 spiro atoms. The summed E-state index contributed by atoms with van der Waals surface area (Å²) in [5.74, 6) is 2.74. The van der Waals surface area contributed by atoms with Crippen LogP contribution < -0.4 is 23.7 Å². The smallest absolute Gasteiger partial charge is 0.182 e. The van der Waals surface area contributed by atoms with Gasteiger partial charge in [-0.2, -0.15) is 0 Å². The van der Waals surface area contributed by atoms with Gasteiger partial charge in [0.15, 0.2) is 23.4 Å². The van der Waals surface area contributed by atoms with Gasteiger partial charge in [-0.15, -0.1) is 0 Å². The van der Waals surface area contributed by atoms with Gasteiger partial charge >= 0.3 is 0 Å². The summed E-state index contributed by atoms with van der Waals surface area (Å²) in [6, 6.07) is 49.0. The van der Waals surface area contributed by atoms with Crippen LogP contribution in [0.3, 0.4) is 0 Å². The number of ether oxygens (including phenoxy) is 5. The van der Waals surface area contributed by atoms with E-state index in [2.05, 4.69) is 0 Å². The Kier molecular flexibility index (Phi) is 9.84. The molecule has 1 unspecified atom stereocenters. The first-order chi connectivity index (χ1) is 24.2. The second kappa shape index (κ2) is 15.3. The van der Waals surface area contributed by atoms with Crippen LogP contribution in [0.4, 0.5) is 0 Å². The second-order valence-corrected chi connectivity index (χ2v) is 11.8. The lowest BCUT2D eigenvalue weighted by molar-refractivity contribution is -0.126. The van der Waals surface area contributed by atoms with Crippen molar-refractivity contribution in [3.8, 4) is 28.7 Å². The Hall–Kier alpha value is -6.01.